The van der Waals surface area contributed by atoms with Gasteiger partial charge < -0.3 is 0 Å². The van der Waals surface area contributed by atoms with Gasteiger partial charge in [-0.05, 0) is 6.42 Å². The molecule has 0 rings (SSSR count). The molecule has 0 atom stereocenters. The minimum Gasteiger partial charge on any atom is -0.281 e. The Morgan fingerprint density at radius 3 is 1.45 bits per heavy atom. The lowest BCUT2D eigenvalue weighted by Gasteiger charge is -2.31. The molecule has 13 heteroatoms. The zero-order valence-corrected chi connectivity index (χ0v) is 16.7. The summed E-state index contributed by atoms with van der Waals surface area (Å²) < 4.78 is 136. The molecule has 0 aliphatic heterocycles. The normalized spacial score (nSPS) is 14.4. The van der Waals surface area contributed by atoms with Crippen LogP contribution in [0.2, 0.25) is 0 Å². The molecule has 0 spiro atoms. The monoisotopic (exact) mass is 466 g/mol. The highest BCUT2D eigenvalue weighted by Gasteiger charge is 2.73. The first-order chi connectivity index (χ1) is 13.0. The van der Waals surface area contributed by atoms with Crippen molar-refractivity contribution in [1.29, 1.82) is 0 Å². The van der Waals surface area contributed by atoms with Gasteiger partial charge >= 0.3 is 33.5 Å². The molecule has 0 bridgehead atoms. The van der Waals surface area contributed by atoms with Gasteiger partial charge in [-0.25, -0.2) is 4.74 Å². The van der Waals surface area contributed by atoms with E-state index >= 15 is 0 Å². The largest absolute Gasteiger partial charge is 0.460 e. The Morgan fingerprint density at radius 2 is 1.07 bits per heavy atom. The minimum absolute atomic E-state index is 0.0815. The van der Waals surface area contributed by atoms with Crippen LogP contribution in [0.4, 0.5) is 35.1 Å². The van der Waals surface area contributed by atoms with Crippen molar-refractivity contribution in [1.82, 2.24) is 0 Å². The maximum absolute atomic E-state index is 13.5. The van der Waals surface area contributed by atoms with E-state index in [1.54, 1.807) is 0 Å². The molecule has 4 nitrogen and oxygen atoms in total. The Balaban J connectivity index is 4.53. The van der Waals surface area contributed by atoms with Crippen LogP contribution >= 0.6 is 0 Å². The van der Waals surface area contributed by atoms with Gasteiger partial charge in [0, 0.05) is 6.42 Å². The average Bonchev–Trinajstić information content (AvgIpc) is 2.54. The summed E-state index contributed by atoms with van der Waals surface area (Å²) >= 11 is 0. The van der Waals surface area contributed by atoms with Gasteiger partial charge in [0.25, 0.3) is 0 Å². The smallest absolute Gasteiger partial charge is 0.281 e. The van der Waals surface area contributed by atoms with E-state index < -0.39 is 46.4 Å². The van der Waals surface area contributed by atoms with Gasteiger partial charge in [-0.15, -0.1) is 0 Å². The molecule has 0 saturated heterocycles. The van der Waals surface area contributed by atoms with E-state index in [2.05, 4.69) is 11.7 Å². The SMILES string of the molecule is CCCCCCCCCCCCC(F)(F)C(F)(F)OC(F)(F)C(F)(F)S(=O)(=O)O. The number of rotatable bonds is 16. The zero-order valence-electron chi connectivity index (χ0n) is 15.9. The molecule has 0 radical (unpaired) electrons. The second kappa shape index (κ2) is 11.1. The van der Waals surface area contributed by atoms with E-state index in [4.69, 9.17) is 4.55 Å². The third-order valence-electron chi connectivity index (χ3n) is 4.19. The number of alkyl halides is 8. The van der Waals surface area contributed by atoms with Crippen molar-refractivity contribution in [3.8, 4) is 0 Å². The van der Waals surface area contributed by atoms with Crippen LogP contribution in [0.5, 0.6) is 0 Å². The first-order valence-corrected chi connectivity index (χ1v) is 10.6. The molecule has 0 heterocycles. The lowest BCUT2D eigenvalue weighted by Crippen LogP contribution is -2.55. The molecular weight excluding hydrogens is 440 g/mol. The molecule has 0 aliphatic rings. The van der Waals surface area contributed by atoms with Crippen LogP contribution in [0.1, 0.15) is 77.6 Å². The fourth-order valence-electron chi connectivity index (χ4n) is 2.43. The highest BCUT2D eigenvalue weighted by Crippen LogP contribution is 2.48. The molecule has 0 fully saturated rings. The molecule has 0 saturated carbocycles. The van der Waals surface area contributed by atoms with Crippen LogP contribution in [0.25, 0.3) is 0 Å². The third-order valence-corrected chi connectivity index (χ3v) is 5.07. The number of hydrogen-bond donors (Lipinski definition) is 1. The first-order valence-electron chi connectivity index (χ1n) is 9.20. The Kier molecular flexibility index (Phi) is 10.8. The van der Waals surface area contributed by atoms with E-state index in [0.29, 0.717) is 12.8 Å². The summed E-state index contributed by atoms with van der Waals surface area (Å²) in [7, 11) is -6.90. The summed E-state index contributed by atoms with van der Waals surface area (Å²) in [6.07, 6.45) is -7.56. The second-order valence-electron chi connectivity index (χ2n) is 6.76. The topological polar surface area (TPSA) is 63.6 Å². The lowest BCUT2D eigenvalue weighted by molar-refractivity contribution is -0.456. The van der Waals surface area contributed by atoms with E-state index in [1.807, 2.05) is 0 Å². The summed E-state index contributed by atoms with van der Waals surface area (Å²) in [6, 6.07) is 0. The number of halogens is 8. The predicted octanol–water partition coefficient (Wildman–Crippen LogP) is 6.62. The number of ether oxygens (including phenoxy) is 1. The van der Waals surface area contributed by atoms with E-state index in [-0.39, 0.29) is 6.42 Å². The van der Waals surface area contributed by atoms with Crippen LogP contribution in [0.3, 0.4) is 0 Å². The van der Waals surface area contributed by atoms with E-state index in [0.717, 1.165) is 38.5 Å². The van der Waals surface area contributed by atoms with E-state index in [9.17, 15) is 43.5 Å². The van der Waals surface area contributed by atoms with Crippen molar-refractivity contribution in [3.63, 3.8) is 0 Å². The molecule has 176 valence electrons. The quantitative estimate of drug-likeness (QED) is 0.158. The van der Waals surface area contributed by atoms with Crippen LogP contribution in [0, 0.1) is 0 Å². The van der Waals surface area contributed by atoms with Crippen molar-refractivity contribution >= 4 is 10.1 Å². The maximum Gasteiger partial charge on any atom is 0.460 e. The van der Waals surface area contributed by atoms with E-state index in [1.165, 1.54) is 0 Å². The number of unbranched alkanes of at least 4 members (excludes halogenated alkanes) is 9. The molecule has 0 aromatic rings. The molecule has 0 aromatic heterocycles. The van der Waals surface area contributed by atoms with Gasteiger partial charge in [0.1, 0.15) is 0 Å². The van der Waals surface area contributed by atoms with Crippen molar-refractivity contribution in [2.45, 2.75) is 101 Å². The molecule has 0 aliphatic carbocycles. The second-order valence-corrected chi connectivity index (χ2v) is 8.23. The van der Waals surface area contributed by atoms with Gasteiger partial charge in [-0.3, -0.25) is 4.55 Å². The van der Waals surface area contributed by atoms with Gasteiger partial charge in [-0.1, -0.05) is 64.7 Å². The molecule has 29 heavy (non-hydrogen) atoms. The summed E-state index contributed by atoms with van der Waals surface area (Å²) in [5.74, 6) is -5.26. The summed E-state index contributed by atoms with van der Waals surface area (Å²) in [5.41, 5.74) is 0. The van der Waals surface area contributed by atoms with Crippen LogP contribution < -0.4 is 0 Å². The van der Waals surface area contributed by atoms with Gasteiger partial charge in [0.15, 0.2) is 0 Å². The zero-order chi connectivity index (χ0) is 23.0. The Hall–Kier alpha value is -0.690. The van der Waals surface area contributed by atoms with Gasteiger partial charge in [0.05, 0.1) is 0 Å². The van der Waals surface area contributed by atoms with Crippen LogP contribution in [-0.2, 0) is 14.9 Å². The first kappa shape index (κ1) is 28.3. The summed E-state index contributed by atoms with van der Waals surface area (Å²) in [6.45, 7) is 2.06. The summed E-state index contributed by atoms with van der Waals surface area (Å²) in [4.78, 5) is 0. The molecule has 0 amide bonds. The van der Waals surface area contributed by atoms with Crippen molar-refractivity contribution in [2.24, 2.45) is 0 Å². The molecule has 0 aromatic carbocycles. The van der Waals surface area contributed by atoms with Crippen molar-refractivity contribution < 1.29 is 52.8 Å². The van der Waals surface area contributed by atoms with Crippen LogP contribution in [0.15, 0.2) is 0 Å². The van der Waals surface area contributed by atoms with Crippen LogP contribution in [-0.4, -0.2) is 36.4 Å². The highest BCUT2D eigenvalue weighted by molar-refractivity contribution is 7.86. The predicted molar refractivity (Wildman–Crippen MR) is 88.9 cm³/mol. The standard InChI is InChI=1S/C16H26F8O4S/c1-2-3-4-5-6-7-8-9-10-11-12-13(17,18)14(19,20)28-15(21,22)16(23,24)29(25,26)27/h2-12H2,1H3,(H,25,26,27). The molecule has 1 N–H and O–H groups in total. The number of hydrogen-bond acceptors (Lipinski definition) is 3. The Labute approximate surface area is 164 Å². The average molecular weight is 466 g/mol. The van der Waals surface area contributed by atoms with Gasteiger partial charge in [-0.2, -0.15) is 43.5 Å². The Bertz CT molecular complexity index is 581. The third kappa shape index (κ3) is 8.52. The van der Waals surface area contributed by atoms with Crippen molar-refractivity contribution in [3.05, 3.63) is 0 Å². The minimum atomic E-state index is -6.90. The van der Waals surface area contributed by atoms with Gasteiger partial charge in [0.2, 0.25) is 0 Å². The highest BCUT2D eigenvalue weighted by atomic mass is 32.2. The fraction of sp³-hybridized carbons (Fsp3) is 1.00. The Morgan fingerprint density at radius 1 is 0.690 bits per heavy atom. The molecule has 0 unspecified atom stereocenters. The molecular formula is C16H26F8O4S. The maximum atomic E-state index is 13.5. The lowest BCUT2D eigenvalue weighted by atomic mass is 10.0. The summed E-state index contributed by atoms with van der Waals surface area (Å²) in [5, 5.41) is -6.55. The van der Waals surface area contributed by atoms with Crippen molar-refractivity contribution in [2.75, 3.05) is 0 Å². The fourth-order valence-corrected chi connectivity index (χ4v) is 2.77.